The highest BCUT2D eigenvalue weighted by molar-refractivity contribution is 6.38. The van der Waals surface area contributed by atoms with Crippen molar-refractivity contribution in [2.24, 2.45) is 0 Å². The highest BCUT2D eigenvalue weighted by Crippen LogP contribution is 2.12. The van der Waals surface area contributed by atoms with Crippen LogP contribution in [0.1, 0.15) is 27.7 Å². The second-order valence-electron chi connectivity index (χ2n) is 3.77. The number of esters is 2. The van der Waals surface area contributed by atoms with Gasteiger partial charge in [-0.15, -0.1) is 0 Å². The monoisotopic (exact) mass is 260 g/mol. The number of carbonyl (C=O) groups is 4. The van der Waals surface area contributed by atoms with Gasteiger partial charge in [-0.05, 0) is 6.92 Å². The number of aliphatic hydroxyl groups excluding tert-OH is 1. The predicted octanol–water partition coefficient (Wildman–Crippen LogP) is -0.611. The maximum absolute atomic E-state index is 11.6. The third kappa shape index (κ3) is 5.05. The van der Waals surface area contributed by atoms with Gasteiger partial charge in [-0.25, -0.2) is 0 Å². The van der Waals surface area contributed by atoms with E-state index >= 15 is 0 Å². The third-order valence-electron chi connectivity index (χ3n) is 1.97. The fourth-order valence-electron chi connectivity index (χ4n) is 1.25. The Hall–Kier alpha value is -1.76. The lowest BCUT2D eigenvalue weighted by molar-refractivity contribution is -0.178. The molecule has 0 radical (unpaired) electrons. The van der Waals surface area contributed by atoms with Crippen LogP contribution in [0, 0.1) is 0 Å². The molecule has 0 heterocycles. The standard InChI is InChI=1S/C11H16O7/c1-5(12)9(16)11(18-8(4)15)10(6(2)13)17-7(3)14/h6,10-11,13H,1-4H3. The Morgan fingerprint density at radius 2 is 1.39 bits per heavy atom. The second kappa shape index (κ2) is 6.85. The first-order valence-electron chi connectivity index (χ1n) is 5.24. The number of carbonyl (C=O) groups excluding carboxylic acids is 4. The van der Waals surface area contributed by atoms with Crippen molar-refractivity contribution in [3.63, 3.8) is 0 Å². The topological polar surface area (TPSA) is 107 Å². The Morgan fingerprint density at radius 1 is 0.944 bits per heavy atom. The molecule has 0 aliphatic heterocycles. The second-order valence-corrected chi connectivity index (χ2v) is 3.77. The van der Waals surface area contributed by atoms with Gasteiger partial charge in [0.05, 0.1) is 6.10 Å². The molecule has 0 amide bonds. The summed E-state index contributed by atoms with van der Waals surface area (Å²) in [6.45, 7) is 4.34. The van der Waals surface area contributed by atoms with E-state index in [2.05, 4.69) is 4.74 Å². The predicted molar refractivity (Wildman–Crippen MR) is 58.5 cm³/mol. The van der Waals surface area contributed by atoms with Crippen molar-refractivity contribution in [3.8, 4) is 0 Å². The van der Waals surface area contributed by atoms with Crippen LogP contribution < -0.4 is 0 Å². The molecule has 0 aromatic heterocycles. The molecule has 0 fully saturated rings. The zero-order chi connectivity index (χ0) is 14.5. The summed E-state index contributed by atoms with van der Waals surface area (Å²) in [7, 11) is 0. The van der Waals surface area contributed by atoms with Gasteiger partial charge in [-0.2, -0.15) is 0 Å². The first kappa shape index (κ1) is 16.2. The fraction of sp³-hybridized carbons (Fsp3) is 0.636. The molecule has 0 saturated carbocycles. The minimum atomic E-state index is -1.64. The van der Waals surface area contributed by atoms with E-state index in [4.69, 9.17) is 4.74 Å². The molecule has 3 unspecified atom stereocenters. The lowest BCUT2D eigenvalue weighted by atomic mass is 10.0. The van der Waals surface area contributed by atoms with Gasteiger partial charge < -0.3 is 14.6 Å². The molecule has 0 aromatic rings. The summed E-state index contributed by atoms with van der Waals surface area (Å²) in [5.74, 6) is -3.50. The number of ether oxygens (including phenoxy) is 2. The number of ketones is 2. The van der Waals surface area contributed by atoms with Gasteiger partial charge in [0.2, 0.25) is 11.9 Å². The van der Waals surface area contributed by atoms with Crippen molar-refractivity contribution in [2.75, 3.05) is 0 Å². The summed E-state index contributed by atoms with van der Waals surface area (Å²) in [6.07, 6.45) is -4.33. The first-order valence-corrected chi connectivity index (χ1v) is 5.24. The molecule has 7 nitrogen and oxygen atoms in total. The van der Waals surface area contributed by atoms with Crippen molar-refractivity contribution in [1.82, 2.24) is 0 Å². The summed E-state index contributed by atoms with van der Waals surface area (Å²) in [5, 5.41) is 9.44. The number of Topliss-reactive ketones (excluding diaryl/α,β-unsaturated/α-hetero) is 2. The molecule has 0 aromatic carbocycles. The molecule has 102 valence electrons. The maximum Gasteiger partial charge on any atom is 0.303 e. The van der Waals surface area contributed by atoms with Crippen molar-refractivity contribution in [1.29, 1.82) is 0 Å². The lowest BCUT2D eigenvalue weighted by Gasteiger charge is -2.26. The molecular weight excluding hydrogens is 244 g/mol. The van der Waals surface area contributed by atoms with E-state index in [1.165, 1.54) is 6.92 Å². The van der Waals surface area contributed by atoms with Crippen molar-refractivity contribution >= 4 is 23.5 Å². The summed E-state index contributed by atoms with van der Waals surface area (Å²) >= 11 is 0. The van der Waals surface area contributed by atoms with Crippen LogP contribution in [0.15, 0.2) is 0 Å². The normalized spacial score (nSPS) is 15.2. The van der Waals surface area contributed by atoms with Gasteiger partial charge in [0.25, 0.3) is 0 Å². The minimum Gasteiger partial charge on any atom is -0.455 e. The van der Waals surface area contributed by atoms with E-state index in [9.17, 15) is 24.3 Å². The Bertz CT molecular complexity index is 358. The summed E-state index contributed by atoms with van der Waals surface area (Å²) in [4.78, 5) is 44.4. The number of aliphatic hydroxyl groups is 1. The summed E-state index contributed by atoms with van der Waals surface area (Å²) in [5.41, 5.74) is 0. The van der Waals surface area contributed by atoms with Gasteiger partial charge in [-0.1, -0.05) is 0 Å². The molecule has 0 bridgehead atoms. The number of hydrogen-bond donors (Lipinski definition) is 1. The zero-order valence-corrected chi connectivity index (χ0v) is 10.6. The van der Waals surface area contributed by atoms with E-state index in [0.717, 1.165) is 20.8 Å². The molecule has 1 N–H and O–H groups in total. The molecule has 0 aliphatic rings. The summed E-state index contributed by atoms with van der Waals surface area (Å²) in [6, 6.07) is 0. The van der Waals surface area contributed by atoms with Crippen molar-refractivity contribution < 1.29 is 33.8 Å². The molecule has 0 saturated heterocycles. The van der Waals surface area contributed by atoms with Crippen LogP contribution in [-0.4, -0.2) is 46.9 Å². The molecule has 0 rings (SSSR count). The molecule has 3 atom stereocenters. The van der Waals surface area contributed by atoms with Crippen LogP contribution in [-0.2, 0) is 28.7 Å². The van der Waals surface area contributed by atoms with Gasteiger partial charge in [-0.3, -0.25) is 19.2 Å². The van der Waals surface area contributed by atoms with Crippen molar-refractivity contribution in [3.05, 3.63) is 0 Å². The van der Waals surface area contributed by atoms with E-state index in [-0.39, 0.29) is 0 Å². The van der Waals surface area contributed by atoms with Gasteiger partial charge in [0, 0.05) is 20.8 Å². The van der Waals surface area contributed by atoms with Crippen LogP contribution in [0.5, 0.6) is 0 Å². The molecule has 0 aliphatic carbocycles. The Balaban J connectivity index is 5.21. The maximum atomic E-state index is 11.6. The zero-order valence-electron chi connectivity index (χ0n) is 10.6. The third-order valence-corrected chi connectivity index (χ3v) is 1.97. The van der Waals surface area contributed by atoms with E-state index in [0.29, 0.717) is 0 Å². The lowest BCUT2D eigenvalue weighted by Crippen LogP contribution is -2.48. The SMILES string of the molecule is CC(=O)OC(C(=O)C(C)=O)C(OC(C)=O)C(C)O. The average Bonchev–Trinajstić information content (AvgIpc) is 2.20. The Morgan fingerprint density at radius 3 is 1.67 bits per heavy atom. The molecule has 0 spiro atoms. The van der Waals surface area contributed by atoms with Crippen LogP contribution in [0.2, 0.25) is 0 Å². The van der Waals surface area contributed by atoms with E-state index in [1.54, 1.807) is 0 Å². The van der Waals surface area contributed by atoms with Gasteiger partial charge in [0.1, 0.15) is 0 Å². The smallest absolute Gasteiger partial charge is 0.303 e. The van der Waals surface area contributed by atoms with E-state index < -0.39 is 41.8 Å². The molecular formula is C11H16O7. The van der Waals surface area contributed by atoms with Gasteiger partial charge >= 0.3 is 11.9 Å². The number of rotatable bonds is 6. The van der Waals surface area contributed by atoms with Crippen LogP contribution in [0.4, 0.5) is 0 Å². The Labute approximate surface area is 104 Å². The largest absolute Gasteiger partial charge is 0.455 e. The van der Waals surface area contributed by atoms with E-state index in [1.807, 2.05) is 0 Å². The Kier molecular flexibility index (Phi) is 6.18. The van der Waals surface area contributed by atoms with Gasteiger partial charge in [0.15, 0.2) is 11.9 Å². The van der Waals surface area contributed by atoms with Crippen molar-refractivity contribution in [2.45, 2.75) is 46.0 Å². The first-order chi connectivity index (χ1) is 8.16. The van der Waals surface area contributed by atoms with Crippen LogP contribution in [0.25, 0.3) is 0 Å². The fourth-order valence-corrected chi connectivity index (χ4v) is 1.25. The highest BCUT2D eigenvalue weighted by Gasteiger charge is 2.38. The van der Waals surface area contributed by atoms with Crippen LogP contribution in [0.3, 0.4) is 0 Å². The average molecular weight is 260 g/mol. The molecule has 18 heavy (non-hydrogen) atoms. The number of hydrogen-bond acceptors (Lipinski definition) is 7. The van der Waals surface area contributed by atoms with Crippen LogP contribution >= 0.6 is 0 Å². The summed E-state index contributed by atoms with van der Waals surface area (Å²) < 4.78 is 9.36. The quantitative estimate of drug-likeness (QED) is 0.501. The molecule has 7 heteroatoms. The highest BCUT2D eigenvalue weighted by atomic mass is 16.6. The minimum absolute atomic E-state index is 0.769.